The molecule has 102 valence electrons. The number of hydrogen-bond acceptors (Lipinski definition) is 4. The van der Waals surface area contributed by atoms with Gasteiger partial charge in [-0.3, -0.25) is 0 Å². The predicted molar refractivity (Wildman–Crippen MR) is 70.7 cm³/mol. The molecule has 0 saturated heterocycles. The lowest BCUT2D eigenvalue weighted by Gasteiger charge is -2.10. The van der Waals surface area contributed by atoms with E-state index in [4.69, 9.17) is 4.42 Å². The van der Waals surface area contributed by atoms with Crippen molar-refractivity contribution in [1.29, 1.82) is 0 Å². The average molecular weight is 272 g/mol. The Bertz CT molecular complexity index is 491. The van der Waals surface area contributed by atoms with E-state index in [1.54, 1.807) is 6.07 Å². The van der Waals surface area contributed by atoms with Crippen LogP contribution in [0.3, 0.4) is 0 Å². The van der Waals surface area contributed by atoms with Crippen LogP contribution >= 0.6 is 0 Å². The molecule has 0 aliphatic heterocycles. The third-order valence-electron chi connectivity index (χ3n) is 2.52. The highest BCUT2D eigenvalue weighted by atomic mass is 32.2. The molecule has 0 aliphatic carbocycles. The van der Waals surface area contributed by atoms with Gasteiger partial charge in [0.2, 0.25) is 5.09 Å². The van der Waals surface area contributed by atoms with Crippen LogP contribution in [0.4, 0.5) is 0 Å². The fourth-order valence-electron chi connectivity index (χ4n) is 1.38. The summed E-state index contributed by atoms with van der Waals surface area (Å²) in [7, 11) is -0.534. The summed E-state index contributed by atoms with van der Waals surface area (Å²) in [5.74, 6) is 0.603. The van der Waals surface area contributed by atoms with Crippen LogP contribution in [0, 0.1) is 0 Å². The second kappa shape index (κ2) is 6.17. The van der Waals surface area contributed by atoms with Crippen molar-refractivity contribution in [3.05, 3.63) is 30.5 Å². The zero-order valence-electron chi connectivity index (χ0n) is 11.0. The van der Waals surface area contributed by atoms with Gasteiger partial charge in [0.15, 0.2) is 0 Å². The van der Waals surface area contributed by atoms with Crippen LogP contribution in [0.15, 0.2) is 34.3 Å². The minimum Gasteiger partial charge on any atom is -0.447 e. The minimum atomic E-state index is -3.48. The molecule has 1 N–H and O–H groups in total. The van der Waals surface area contributed by atoms with Crippen molar-refractivity contribution in [3.63, 3.8) is 0 Å². The maximum atomic E-state index is 11.8. The quantitative estimate of drug-likeness (QED) is 0.766. The first-order valence-electron chi connectivity index (χ1n) is 5.73. The highest BCUT2D eigenvalue weighted by Gasteiger charge is 2.21. The number of hydrogen-bond donors (Lipinski definition) is 1. The first-order chi connectivity index (χ1) is 8.37. The third kappa shape index (κ3) is 3.69. The van der Waals surface area contributed by atoms with Crippen LogP contribution in [0.25, 0.3) is 0 Å². The minimum absolute atomic E-state index is 0.0272. The topological polar surface area (TPSA) is 62.6 Å². The van der Waals surface area contributed by atoms with E-state index < -0.39 is 10.0 Å². The maximum Gasteiger partial charge on any atom is 0.275 e. The Morgan fingerprint density at radius 3 is 2.72 bits per heavy atom. The SMILES string of the molecule is C=CCC(C)NCc1ccc(S(=O)(=O)N(C)C)o1. The van der Waals surface area contributed by atoms with Gasteiger partial charge in [0.1, 0.15) is 5.76 Å². The second-order valence-corrected chi connectivity index (χ2v) is 6.40. The zero-order chi connectivity index (χ0) is 13.8. The van der Waals surface area contributed by atoms with Gasteiger partial charge in [-0.15, -0.1) is 6.58 Å². The summed E-state index contributed by atoms with van der Waals surface area (Å²) in [4.78, 5) is 0. The van der Waals surface area contributed by atoms with Crippen LogP contribution < -0.4 is 5.32 Å². The molecule has 18 heavy (non-hydrogen) atoms. The Morgan fingerprint density at radius 2 is 2.17 bits per heavy atom. The molecule has 0 fully saturated rings. The van der Waals surface area contributed by atoms with Crippen molar-refractivity contribution in [2.24, 2.45) is 0 Å². The number of nitrogens with one attached hydrogen (secondary N) is 1. The summed E-state index contributed by atoms with van der Waals surface area (Å²) >= 11 is 0. The molecule has 6 heteroatoms. The molecule has 0 amide bonds. The summed E-state index contributed by atoms with van der Waals surface area (Å²) in [6.07, 6.45) is 2.69. The Hall–Kier alpha value is -1.11. The molecule has 0 aliphatic rings. The maximum absolute atomic E-state index is 11.8. The van der Waals surface area contributed by atoms with Crippen LogP contribution in [0.2, 0.25) is 0 Å². The van der Waals surface area contributed by atoms with E-state index in [2.05, 4.69) is 11.9 Å². The fraction of sp³-hybridized carbons (Fsp3) is 0.500. The molecule has 1 heterocycles. The van der Waals surface area contributed by atoms with Gasteiger partial charge in [-0.05, 0) is 25.5 Å². The van der Waals surface area contributed by atoms with Crippen molar-refractivity contribution >= 4 is 10.0 Å². The van der Waals surface area contributed by atoms with Crippen molar-refractivity contribution < 1.29 is 12.8 Å². The van der Waals surface area contributed by atoms with Crippen LogP contribution in [0.1, 0.15) is 19.1 Å². The third-order valence-corrected chi connectivity index (χ3v) is 4.21. The lowest BCUT2D eigenvalue weighted by molar-refractivity contribution is 0.381. The molecule has 1 atom stereocenters. The Labute approximate surface area is 109 Å². The van der Waals surface area contributed by atoms with E-state index in [9.17, 15) is 8.42 Å². The average Bonchev–Trinajstić information content (AvgIpc) is 2.75. The van der Waals surface area contributed by atoms with Crippen LogP contribution in [-0.4, -0.2) is 32.9 Å². The monoisotopic (exact) mass is 272 g/mol. The molecular weight excluding hydrogens is 252 g/mol. The molecular formula is C12H20N2O3S. The number of furan rings is 1. The van der Waals surface area contributed by atoms with Crippen LogP contribution in [-0.2, 0) is 16.6 Å². The molecule has 1 aromatic rings. The summed E-state index contributed by atoms with van der Waals surface area (Å²) in [6.45, 7) is 6.19. The zero-order valence-corrected chi connectivity index (χ0v) is 11.8. The predicted octanol–water partition coefficient (Wildman–Crippen LogP) is 1.58. The van der Waals surface area contributed by atoms with Crippen LogP contribution in [0.5, 0.6) is 0 Å². The molecule has 0 aromatic carbocycles. The fourth-order valence-corrected chi connectivity index (χ4v) is 2.19. The van der Waals surface area contributed by atoms with E-state index in [0.29, 0.717) is 12.3 Å². The lowest BCUT2D eigenvalue weighted by Crippen LogP contribution is -2.24. The van der Waals surface area contributed by atoms with E-state index in [0.717, 1.165) is 10.7 Å². The molecule has 1 rings (SSSR count). The summed E-state index contributed by atoms with van der Waals surface area (Å²) in [5.41, 5.74) is 0. The van der Waals surface area contributed by atoms with E-state index in [-0.39, 0.29) is 11.1 Å². The van der Waals surface area contributed by atoms with Gasteiger partial charge in [0, 0.05) is 20.1 Å². The molecule has 5 nitrogen and oxygen atoms in total. The second-order valence-electron chi connectivity index (χ2n) is 4.31. The van der Waals surface area contributed by atoms with Gasteiger partial charge in [0.05, 0.1) is 6.54 Å². The number of nitrogens with zero attached hydrogens (tertiary/aromatic N) is 1. The smallest absolute Gasteiger partial charge is 0.275 e. The summed E-state index contributed by atoms with van der Waals surface area (Å²) in [6, 6.07) is 3.43. The molecule has 0 spiro atoms. The Balaban J connectivity index is 2.67. The van der Waals surface area contributed by atoms with Crippen molar-refractivity contribution in [2.45, 2.75) is 31.0 Å². The van der Waals surface area contributed by atoms with Gasteiger partial charge in [-0.2, -0.15) is 0 Å². The van der Waals surface area contributed by atoms with E-state index in [1.165, 1.54) is 20.2 Å². The summed E-state index contributed by atoms with van der Waals surface area (Å²) in [5, 5.41) is 3.19. The number of sulfonamides is 1. The first kappa shape index (κ1) is 14.9. The molecule has 1 aromatic heterocycles. The molecule has 0 saturated carbocycles. The Kier molecular flexibility index (Phi) is 5.13. The summed E-state index contributed by atoms with van der Waals surface area (Å²) < 4.78 is 30.0. The normalized spacial score (nSPS) is 13.8. The van der Waals surface area contributed by atoms with Gasteiger partial charge >= 0.3 is 0 Å². The molecule has 0 radical (unpaired) electrons. The lowest BCUT2D eigenvalue weighted by atomic mass is 10.2. The molecule has 0 bridgehead atoms. The largest absolute Gasteiger partial charge is 0.447 e. The van der Waals surface area contributed by atoms with Gasteiger partial charge in [0.25, 0.3) is 10.0 Å². The highest BCUT2D eigenvalue weighted by Crippen LogP contribution is 2.16. The van der Waals surface area contributed by atoms with E-state index in [1.807, 2.05) is 13.0 Å². The highest BCUT2D eigenvalue weighted by molar-refractivity contribution is 7.88. The standard InChI is InChI=1S/C12H20N2O3S/c1-5-6-10(2)13-9-11-7-8-12(17-11)18(15,16)14(3)4/h5,7-8,10,13H,1,6,9H2,2-4H3. The molecule has 1 unspecified atom stereocenters. The van der Waals surface area contributed by atoms with Crippen molar-refractivity contribution in [2.75, 3.05) is 14.1 Å². The van der Waals surface area contributed by atoms with Gasteiger partial charge in [-0.1, -0.05) is 6.08 Å². The first-order valence-corrected chi connectivity index (χ1v) is 7.17. The Morgan fingerprint density at radius 1 is 1.50 bits per heavy atom. The van der Waals surface area contributed by atoms with Gasteiger partial charge in [-0.25, -0.2) is 12.7 Å². The number of rotatable bonds is 7. The van der Waals surface area contributed by atoms with Gasteiger partial charge < -0.3 is 9.73 Å². The van der Waals surface area contributed by atoms with Crippen molar-refractivity contribution in [1.82, 2.24) is 9.62 Å². The van der Waals surface area contributed by atoms with E-state index >= 15 is 0 Å². The van der Waals surface area contributed by atoms with Crippen molar-refractivity contribution in [3.8, 4) is 0 Å².